The topological polar surface area (TPSA) is 68.0 Å². The lowest BCUT2D eigenvalue weighted by Gasteiger charge is -2.06. The van der Waals surface area contributed by atoms with Crippen molar-refractivity contribution < 1.29 is 9.21 Å². The molecule has 0 saturated heterocycles. The van der Waals surface area contributed by atoms with Crippen LogP contribution in [0.2, 0.25) is 5.02 Å². The van der Waals surface area contributed by atoms with Crippen LogP contribution in [-0.4, -0.2) is 21.6 Å². The highest BCUT2D eigenvalue weighted by molar-refractivity contribution is 8.00. The second-order valence-electron chi connectivity index (χ2n) is 5.73. The number of hydrogen-bond acceptors (Lipinski definition) is 5. The molecule has 0 fully saturated rings. The largest absolute Gasteiger partial charge is 0.436 e. The van der Waals surface area contributed by atoms with Crippen LogP contribution in [-0.2, 0) is 4.79 Å². The Morgan fingerprint density at radius 1 is 1.15 bits per heavy atom. The predicted molar refractivity (Wildman–Crippen MR) is 108 cm³/mol. The number of nitrogens with zero attached hydrogens (tertiary/aromatic N) is 2. The summed E-state index contributed by atoms with van der Waals surface area (Å²) in [5.41, 5.74) is 2.85. The molecule has 2 aromatic heterocycles. The summed E-state index contributed by atoms with van der Waals surface area (Å²) in [6.45, 7) is 0. The van der Waals surface area contributed by atoms with E-state index in [1.807, 2.05) is 36.4 Å². The van der Waals surface area contributed by atoms with Crippen molar-refractivity contribution in [2.45, 2.75) is 4.90 Å². The molecular weight excluding hydrogens is 382 g/mol. The Morgan fingerprint density at radius 2 is 2.00 bits per heavy atom. The van der Waals surface area contributed by atoms with Crippen LogP contribution < -0.4 is 5.32 Å². The number of nitrogens with one attached hydrogen (secondary N) is 1. The molecule has 0 bridgehead atoms. The highest BCUT2D eigenvalue weighted by Gasteiger charge is 2.10. The number of carbonyl (C=O) groups is 1. The Hall–Kier alpha value is -2.83. The summed E-state index contributed by atoms with van der Waals surface area (Å²) in [5.74, 6) is 0.707. The average molecular weight is 396 g/mol. The maximum atomic E-state index is 12.2. The summed E-state index contributed by atoms with van der Waals surface area (Å²) in [5, 5.41) is 3.58. The van der Waals surface area contributed by atoms with E-state index in [1.165, 1.54) is 11.8 Å². The van der Waals surface area contributed by atoms with Gasteiger partial charge < -0.3 is 9.73 Å². The number of benzene rings is 2. The van der Waals surface area contributed by atoms with E-state index in [-0.39, 0.29) is 5.91 Å². The third-order valence-corrected chi connectivity index (χ3v) is 5.03. The first-order chi connectivity index (χ1) is 13.2. The lowest BCUT2D eigenvalue weighted by atomic mass is 10.2. The van der Waals surface area contributed by atoms with E-state index in [1.54, 1.807) is 30.6 Å². The molecule has 0 radical (unpaired) electrons. The number of amides is 1. The molecule has 2 heterocycles. The number of pyridine rings is 1. The highest BCUT2D eigenvalue weighted by atomic mass is 35.5. The molecule has 27 heavy (non-hydrogen) atoms. The van der Waals surface area contributed by atoms with E-state index in [9.17, 15) is 4.79 Å². The molecule has 0 unspecified atom stereocenters. The maximum Gasteiger partial charge on any atom is 0.234 e. The monoisotopic (exact) mass is 395 g/mol. The van der Waals surface area contributed by atoms with Crippen molar-refractivity contribution in [1.82, 2.24) is 9.97 Å². The van der Waals surface area contributed by atoms with Gasteiger partial charge in [-0.25, -0.2) is 4.98 Å². The predicted octanol–water partition coefficient (Wildman–Crippen LogP) is 5.27. The molecule has 0 spiro atoms. The van der Waals surface area contributed by atoms with Gasteiger partial charge in [0.05, 0.1) is 11.9 Å². The van der Waals surface area contributed by atoms with Gasteiger partial charge in [0.25, 0.3) is 0 Å². The fraction of sp³-hybridized carbons (Fsp3) is 0.0500. The number of oxazole rings is 1. The van der Waals surface area contributed by atoms with Crippen LogP contribution in [0, 0.1) is 0 Å². The third-order valence-electron chi connectivity index (χ3n) is 3.77. The van der Waals surface area contributed by atoms with Gasteiger partial charge in [0.15, 0.2) is 5.58 Å². The molecule has 2 aromatic carbocycles. The first-order valence-corrected chi connectivity index (χ1v) is 9.53. The molecule has 4 aromatic rings. The molecule has 1 amide bonds. The molecule has 0 aliphatic rings. The van der Waals surface area contributed by atoms with Crippen LogP contribution in [0.5, 0.6) is 0 Å². The fourth-order valence-corrected chi connectivity index (χ4v) is 3.33. The lowest BCUT2D eigenvalue weighted by molar-refractivity contribution is -0.113. The lowest BCUT2D eigenvalue weighted by Crippen LogP contribution is -2.13. The van der Waals surface area contributed by atoms with Gasteiger partial charge >= 0.3 is 0 Å². The van der Waals surface area contributed by atoms with Gasteiger partial charge in [-0.3, -0.25) is 9.78 Å². The number of anilines is 1. The normalized spacial score (nSPS) is 10.9. The second kappa shape index (κ2) is 7.82. The standard InChI is InChI=1S/C20H14ClN3O2S/c21-14-4-6-16(7-5-14)27-12-19(25)23-15-3-1-2-13(10-15)20-24-17-11-22-9-8-18(17)26-20/h1-11H,12H2,(H,23,25). The number of rotatable bonds is 5. The van der Waals surface area contributed by atoms with Crippen LogP contribution >= 0.6 is 23.4 Å². The molecule has 0 aliphatic heterocycles. The first kappa shape index (κ1) is 17.6. The summed E-state index contributed by atoms with van der Waals surface area (Å²) in [4.78, 5) is 21.7. The van der Waals surface area contributed by atoms with Crippen LogP contribution in [0.3, 0.4) is 0 Å². The molecule has 0 saturated carbocycles. The van der Waals surface area contributed by atoms with E-state index >= 15 is 0 Å². The third kappa shape index (κ3) is 4.30. The minimum Gasteiger partial charge on any atom is -0.436 e. The number of halogens is 1. The smallest absolute Gasteiger partial charge is 0.234 e. The van der Waals surface area contributed by atoms with E-state index < -0.39 is 0 Å². The highest BCUT2D eigenvalue weighted by Crippen LogP contribution is 2.26. The van der Waals surface area contributed by atoms with E-state index in [2.05, 4.69) is 15.3 Å². The number of thioether (sulfide) groups is 1. The van der Waals surface area contributed by atoms with Crippen molar-refractivity contribution in [2.24, 2.45) is 0 Å². The van der Waals surface area contributed by atoms with Crippen LogP contribution in [0.4, 0.5) is 5.69 Å². The number of fused-ring (bicyclic) bond motifs is 1. The summed E-state index contributed by atoms with van der Waals surface area (Å²) in [7, 11) is 0. The number of carbonyl (C=O) groups excluding carboxylic acids is 1. The molecule has 134 valence electrons. The Bertz CT molecular complexity index is 1060. The quantitative estimate of drug-likeness (QED) is 0.466. The Morgan fingerprint density at radius 3 is 2.81 bits per heavy atom. The summed E-state index contributed by atoms with van der Waals surface area (Å²) >= 11 is 7.32. The van der Waals surface area contributed by atoms with Gasteiger partial charge in [-0.05, 0) is 42.5 Å². The zero-order valence-corrected chi connectivity index (χ0v) is 15.6. The molecule has 1 N–H and O–H groups in total. The Balaban J connectivity index is 1.44. The summed E-state index contributed by atoms with van der Waals surface area (Å²) in [6, 6.07) is 16.6. The first-order valence-electron chi connectivity index (χ1n) is 8.16. The number of hydrogen-bond donors (Lipinski definition) is 1. The van der Waals surface area contributed by atoms with Crippen LogP contribution in [0.15, 0.2) is 76.3 Å². The van der Waals surface area contributed by atoms with Gasteiger partial charge in [-0.15, -0.1) is 11.8 Å². The van der Waals surface area contributed by atoms with Crippen molar-refractivity contribution in [3.63, 3.8) is 0 Å². The molecule has 0 aliphatic carbocycles. The van der Waals surface area contributed by atoms with Gasteiger partial charge in [0, 0.05) is 33.4 Å². The van der Waals surface area contributed by atoms with E-state index in [4.69, 9.17) is 16.0 Å². The number of aromatic nitrogens is 2. The zero-order chi connectivity index (χ0) is 18.6. The second-order valence-corrected chi connectivity index (χ2v) is 7.22. The summed E-state index contributed by atoms with van der Waals surface area (Å²) in [6.07, 6.45) is 3.31. The molecule has 4 rings (SSSR count). The molecular formula is C20H14ClN3O2S. The average Bonchev–Trinajstić information content (AvgIpc) is 3.12. The SMILES string of the molecule is O=C(CSc1ccc(Cl)cc1)Nc1cccc(-c2nc3cnccc3o2)c1. The van der Waals surface area contributed by atoms with Gasteiger partial charge in [0.2, 0.25) is 11.8 Å². The van der Waals surface area contributed by atoms with Crippen molar-refractivity contribution in [2.75, 3.05) is 11.1 Å². The van der Waals surface area contributed by atoms with Gasteiger partial charge in [-0.1, -0.05) is 17.7 Å². The van der Waals surface area contributed by atoms with Crippen LogP contribution in [0.1, 0.15) is 0 Å². The van der Waals surface area contributed by atoms with Crippen LogP contribution in [0.25, 0.3) is 22.6 Å². The molecule has 7 heteroatoms. The van der Waals surface area contributed by atoms with E-state index in [0.717, 1.165) is 10.5 Å². The fourth-order valence-electron chi connectivity index (χ4n) is 2.51. The maximum absolute atomic E-state index is 12.2. The summed E-state index contributed by atoms with van der Waals surface area (Å²) < 4.78 is 5.75. The van der Waals surface area contributed by atoms with Gasteiger partial charge in [-0.2, -0.15) is 0 Å². The minimum absolute atomic E-state index is 0.0890. The van der Waals surface area contributed by atoms with Crippen molar-refractivity contribution >= 4 is 46.1 Å². The van der Waals surface area contributed by atoms with Crippen molar-refractivity contribution in [3.05, 3.63) is 72.0 Å². The Labute approximate surface area is 164 Å². The Kier molecular flexibility index (Phi) is 5.09. The van der Waals surface area contributed by atoms with Crippen molar-refractivity contribution in [3.8, 4) is 11.5 Å². The molecule has 0 atom stereocenters. The minimum atomic E-state index is -0.0890. The zero-order valence-electron chi connectivity index (χ0n) is 14.1. The van der Waals surface area contributed by atoms with Gasteiger partial charge in [0.1, 0.15) is 5.52 Å². The van der Waals surface area contributed by atoms with Crippen molar-refractivity contribution in [1.29, 1.82) is 0 Å². The molecule has 5 nitrogen and oxygen atoms in total. The van der Waals surface area contributed by atoms with E-state index in [0.29, 0.717) is 33.5 Å².